The van der Waals surface area contributed by atoms with Gasteiger partial charge in [-0.25, -0.2) is 4.79 Å². The van der Waals surface area contributed by atoms with Crippen molar-refractivity contribution < 1.29 is 19.1 Å². The Morgan fingerprint density at radius 3 is 2.27 bits per heavy atom. The summed E-state index contributed by atoms with van der Waals surface area (Å²) >= 11 is 0. The first-order valence-electron chi connectivity index (χ1n) is 7.95. The molecule has 0 aromatic rings. The van der Waals surface area contributed by atoms with E-state index >= 15 is 0 Å². The van der Waals surface area contributed by atoms with Gasteiger partial charge in [0.1, 0.15) is 6.10 Å². The predicted octanol–water partition coefficient (Wildman–Crippen LogP) is 3.00. The summed E-state index contributed by atoms with van der Waals surface area (Å²) in [7, 11) is 1.38. The number of hydrogen-bond donors (Lipinski definition) is 0. The van der Waals surface area contributed by atoms with Crippen LogP contribution in [0.5, 0.6) is 0 Å². The van der Waals surface area contributed by atoms with Gasteiger partial charge in [0.05, 0.1) is 13.0 Å². The number of amides is 1. The van der Waals surface area contributed by atoms with Crippen molar-refractivity contribution in [1.29, 1.82) is 0 Å². The number of rotatable bonds is 3. The third kappa shape index (κ3) is 3.45. The highest BCUT2D eigenvalue weighted by atomic mass is 16.6. The number of carbonyl (C=O) groups is 2. The molecular formula is C17H27NO4. The van der Waals surface area contributed by atoms with Gasteiger partial charge in [-0.2, -0.15) is 0 Å². The average molecular weight is 309 g/mol. The number of hydrogen-bond acceptors (Lipinski definition) is 4. The molecule has 0 bridgehead atoms. The van der Waals surface area contributed by atoms with E-state index in [2.05, 4.69) is 33.8 Å². The first kappa shape index (κ1) is 16.8. The molecule has 0 N–H and O–H groups in total. The van der Waals surface area contributed by atoms with Crippen molar-refractivity contribution in [1.82, 2.24) is 4.90 Å². The molecule has 2 aliphatic rings. The number of ether oxygens (including phenoxy) is 2. The van der Waals surface area contributed by atoms with Gasteiger partial charge in [0, 0.05) is 25.9 Å². The molecule has 2 rings (SSSR count). The van der Waals surface area contributed by atoms with E-state index in [9.17, 15) is 9.59 Å². The number of carbonyl (C=O) groups excluding carboxylic acids is 2. The quantitative estimate of drug-likeness (QED) is 0.594. The van der Waals surface area contributed by atoms with Crippen LogP contribution in [0.4, 0.5) is 4.79 Å². The largest absolute Gasteiger partial charge is 0.462 e. The number of nitrogens with zero attached hydrogens (tertiary/aromatic N) is 1. The summed E-state index contributed by atoms with van der Waals surface area (Å²) in [5, 5.41) is 0. The van der Waals surface area contributed by atoms with Crippen LogP contribution in [-0.4, -0.2) is 43.3 Å². The minimum absolute atomic E-state index is 0.0128. The van der Waals surface area contributed by atoms with Gasteiger partial charge < -0.3 is 14.4 Å². The summed E-state index contributed by atoms with van der Waals surface area (Å²) in [6.07, 6.45) is 3.14. The van der Waals surface area contributed by atoms with Gasteiger partial charge >= 0.3 is 12.1 Å². The van der Waals surface area contributed by atoms with Crippen LogP contribution in [0, 0.1) is 17.3 Å². The van der Waals surface area contributed by atoms with Crippen molar-refractivity contribution in [2.75, 3.05) is 20.2 Å². The topological polar surface area (TPSA) is 55.8 Å². The Morgan fingerprint density at radius 1 is 1.18 bits per heavy atom. The zero-order valence-corrected chi connectivity index (χ0v) is 14.2. The molecule has 22 heavy (non-hydrogen) atoms. The zero-order valence-electron chi connectivity index (χ0n) is 14.2. The van der Waals surface area contributed by atoms with Gasteiger partial charge in [0.2, 0.25) is 0 Å². The second-order valence-electron chi connectivity index (χ2n) is 7.16. The van der Waals surface area contributed by atoms with Crippen molar-refractivity contribution in [3.8, 4) is 0 Å². The molecule has 1 saturated carbocycles. The molecule has 0 aromatic heterocycles. The van der Waals surface area contributed by atoms with Gasteiger partial charge in [-0.3, -0.25) is 4.79 Å². The standard InChI is InChI=1S/C17H27NO4/c1-11(2)10-13-14(17(13,3)4)15(19)22-12-6-8-18(9-7-12)16(20)21-5/h10,12-14H,6-9H2,1-5H3/t13-,14-/m0/s1. The molecule has 2 fully saturated rings. The average Bonchev–Trinajstić information content (AvgIpc) is 2.99. The fourth-order valence-electron chi connectivity index (χ4n) is 3.32. The molecular weight excluding hydrogens is 282 g/mol. The van der Waals surface area contributed by atoms with E-state index in [0.29, 0.717) is 25.9 Å². The molecule has 1 heterocycles. The lowest BCUT2D eigenvalue weighted by Crippen LogP contribution is -2.41. The lowest BCUT2D eigenvalue weighted by Gasteiger charge is -2.30. The minimum Gasteiger partial charge on any atom is -0.462 e. The normalized spacial score (nSPS) is 27.0. The Kier molecular flexibility index (Phi) is 4.83. The smallest absolute Gasteiger partial charge is 0.409 e. The number of esters is 1. The number of methoxy groups -OCH3 is 1. The maximum atomic E-state index is 12.4. The molecule has 5 heteroatoms. The summed E-state index contributed by atoms with van der Waals surface area (Å²) in [5.41, 5.74) is 1.22. The number of likely N-dealkylation sites (tertiary alicyclic amines) is 1. The fourth-order valence-corrected chi connectivity index (χ4v) is 3.32. The van der Waals surface area contributed by atoms with E-state index < -0.39 is 0 Å². The predicted molar refractivity (Wildman–Crippen MR) is 83.3 cm³/mol. The monoisotopic (exact) mass is 309 g/mol. The van der Waals surface area contributed by atoms with E-state index in [1.165, 1.54) is 12.7 Å². The maximum Gasteiger partial charge on any atom is 0.409 e. The number of piperidine rings is 1. The van der Waals surface area contributed by atoms with Crippen LogP contribution >= 0.6 is 0 Å². The van der Waals surface area contributed by atoms with Crippen molar-refractivity contribution in [3.63, 3.8) is 0 Å². The molecule has 1 amide bonds. The third-order valence-corrected chi connectivity index (χ3v) is 4.84. The SMILES string of the molecule is COC(=O)N1CCC(OC(=O)[C@@H]2[C@H](C=C(C)C)C2(C)C)CC1. The van der Waals surface area contributed by atoms with Crippen LogP contribution < -0.4 is 0 Å². The molecule has 0 radical (unpaired) electrons. The maximum absolute atomic E-state index is 12.4. The van der Waals surface area contributed by atoms with Gasteiger partial charge in [0.15, 0.2) is 0 Å². The Hall–Kier alpha value is -1.52. The van der Waals surface area contributed by atoms with E-state index in [1.807, 2.05) is 0 Å². The highest BCUT2D eigenvalue weighted by molar-refractivity contribution is 5.78. The van der Waals surface area contributed by atoms with Crippen molar-refractivity contribution in [3.05, 3.63) is 11.6 Å². The lowest BCUT2D eigenvalue weighted by molar-refractivity contribution is -0.153. The Labute approximate surface area is 132 Å². The highest BCUT2D eigenvalue weighted by Gasteiger charge is 2.61. The van der Waals surface area contributed by atoms with Gasteiger partial charge in [-0.15, -0.1) is 0 Å². The van der Waals surface area contributed by atoms with Crippen molar-refractivity contribution in [2.45, 2.75) is 46.6 Å². The molecule has 1 aliphatic carbocycles. The van der Waals surface area contributed by atoms with Crippen LogP contribution in [0.25, 0.3) is 0 Å². The molecule has 1 aliphatic heterocycles. The second kappa shape index (κ2) is 6.31. The summed E-state index contributed by atoms with van der Waals surface area (Å²) in [6, 6.07) is 0. The van der Waals surface area contributed by atoms with Crippen LogP contribution in [0.15, 0.2) is 11.6 Å². The second-order valence-corrected chi connectivity index (χ2v) is 7.16. The summed E-state index contributed by atoms with van der Waals surface area (Å²) in [4.78, 5) is 25.5. The summed E-state index contributed by atoms with van der Waals surface area (Å²) in [5.74, 6) is 0.144. The van der Waals surface area contributed by atoms with Crippen LogP contribution in [0.1, 0.15) is 40.5 Å². The zero-order chi connectivity index (χ0) is 16.5. The molecule has 2 atom stereocenters. The van der Waals surface area contributed by atoms with E-state index in [-0.39, 0.29) is 35.4 Å². The van der Waals surface area contributed by atoms with Crippen LogP contribution in [0.2, 0.25) is 0 Å². The molecule has 5 nitrogen and oxygen atoms in total. The van der Waals surface area contributed by atoms with Crippen LogP contribution in [-0.2, 0) is 14.3 Å². The van der Waals surface area contributed by atoms with Gasteiger partial charge in [-0.05, 0) is 25.2 Å². The minimum atomic E-state index is -0.309. The van der Waals surface area contributed by atoms with Crippen molar-refractivity contribution >= 4 is 12.1 Å². The molecule has 0 unspecified atom stereocenters. The van der Waals surface area contributed by atoms with Crippen LogP contribution in [0.3, 0.4) is 0 Å². The van der Waals surface area contributed by atoms with E-state index in [4.69, 9.17) is 9.47 Å². The van der Waals surface area contributed by atoms with E-state index in [0.717, 1.165) is 0 Å². The first-order chi connectivity index (χ1) is 10.3. The first-order valence-corrected chi connectivity index (χ1v) is 7.95. The Morgan fingerprint density at radius 2 is 1.77 bits per heavy atom. The summed E-state index contributed by atoms with van der Waals surface area (Å²) in [6.45, 7) is 9.50. The fraction of sp³-hybridized carbons (Fsp3) is 0.765. The number of allylic oxidation sites excluding steroid dienone is 2. The van der Waals surface area contributed by atoms with Gasteiger partial charge in [0.25, 0.3) is 0 Å². The molecule has 124 valence electrons. The van der Waals surface area contributed by atoms with Crippen molar-refractivity contribution in [2.24, 2.45) is 17.3 Å². The molecule has 1 saturated heterocycles. The lowest BCUT2D eigenvalue weighted by atomic mass is 10.1. The third-order valence-electron chi connectivity index (χ3n) is 4.84. The Balaban J connectivity index is 1.84. The summed E-state index contributed by atoms with van der Waals surface area (Å²) < 4.78 is 10.4. The molecule has 0 spiro atoms. The molecule has 0 aromatic carbocycles. The van der Waals surface area contributed by atoms with E-state index in [1.54, 1.807) is 4.90 Å². The highest BCUT2D eigenvalue weighted by Crippen LogP contribution is 2.60. The Bertz CT molecular complexity index is 471. The van der Waals surface area contributed by atoms with Gasteiger partial charge in [-0.1, -0.05) is 25.5 Å².